The highest BCUT2D eigenvalue weighted by Gasteiger charge is 2.21. The van der Waals surface area contributed by atoms with Crippen molar-refractivity contribution in [2.24, 2.45) is 0 Å². The van der Waals surface area contributed by atoms with E-state index in [0.29, 0.717) is 0 Å². The number of hydrogen-bond acceptors (Lipinski definition) is 3. The van der Waals surface area contributed by atoms with E-state index in [4.69, 9.17) is 9.84 Å². The molecule has 5 nitrogen and oxygen atoms in total. The van der Waals surface area contributed by atoms with Gasteiger partial charge in [-0.15, -0.1) is 0 Å². The van der Waals surface area contributed by atoms with Crippen molar-refractivity contribution in [3.8, 4) is 11.5 Å². The number of hydrogen-bond donors (Lipinski definition) is 1. The van der Waals surface area contributed by atoms with E-state index in [-0.39, 0.29) is 6.23 Å². The molecule has 1 atom stereocenters. The zero-order valence-corrected chi connectivity index (χ0v) is 11.1. The first kappa shape index (κ1) is 11.7. The van der Waals surface area contributed by atoms with Crippen molar-refractivity contribution in [1.29, 1.82) is 0 Å². The average molecular weight is 268 g/mol. The van der Waals surface area contributed by atoms with Crippen LogP contribution in [0.3, 0.4) is 0 Å². The van der Waals surface area contributed by atoms with Crippen molar-refractivity contribution < 1.29 is 4.74 Å². The summed E-state index contributed by atoms with van der Waals surface area (Å²) in [6.07, 6.45) is 6.96. The molecule has 1 aliphatic rings. The van der Waals surface area contributed by atoms with Crippen LogP contribution >= 0.6 is 0 Å². The lowest BCUT2D eigenvalue weighted by Crippen LogP contribution is -2.19. The molecule has 0 amide bonds. The molecule has 4 rings (SSSR count). The second-order valence-corrected chi connectivity index (χ2v) is 5.07. The number of aromatic nitrogens is 4. The minimum atomic E-state index is 0.0392. The van der Waals surface area contributed by atoms with Gasteiger partial charge >= 0.3 is 0 Å². The minimum Gasteiger partial charge on any atom is -0.356 e. The number of aromatic amines is 1. The first-order valence-corrected chi connectivity index (χ1v) is 7.02. The van der Waals surface area contributed by atoms with Gasteiger partial charge in [0.1, 0.15) is 5.69 Å². The fourth-order valence-corrected chi connectivity index (χ4v) is 2.79. The summed E-state index contributed by atoms with van der Waals surface area (Å²) < 4.78 is 7.88. The largest absolute Gasteiger partial charge is 0.356 e. The normalized spacial score (nSPS) is 19.5. The maximum atomic E-state index is 5.87. The van der Waals surface area contributed by atoms with Crippen molar-refractivity contribution in [3.05, 3.63) is 36.7 Å². The molecule has 2 aromatic heterocycles. The van der Waals surface area contributed by atoms with Crippen LogP contribution < -0.4 is 0 Å². The molecule has 1 aliphatic heterocycles. The second kappa shape index (κ2) is 4.76. The van der Waals surface area contributed by atoms with E-state index in [1.54, 1.807) is 6.20 Å². The Morgan fingerprint density at radius 3 is 3.00 bits per heavy atom. The van der Waals surface area contributed by atoms with Crippen molar-refractivity contribution in [2.75, 3.05) is 6.61 Å². The Morgan fingerprint density at radius 1 is 1.25 bits per heavy atom. The number of H-pyrrole nitrogens is 1. The monoisotopic (exact) mass is 268 g/mol. The number of ether oxygens (including phenoxy) is 1. The van der Waals surface area contributed by atoms with Crippen LogP contribution in [0.1, 0.15) is 25.5 Å². The molecule has 1 unspecified atom stereocenters. The minimum absolute atomic E-state index is 0.0392. The topological polar surface area (TPSA) is 55.7 Å². The maximum Gasteiger partial charge on any atom is 0.158 e. The number of rotatable bonds is 2. The van der Waals surface area contributed by atoms with E-state index in [1.165, 1.54) is 6.42 Å². The molecular weight excluding hydrogens is 252 g/mol. The van der Waals surface area contributed by atoms with Crippen LogP contribution in [-0.4, -0.2) is 26.4 Å². The average Bonchev–Trinajstić information content (AvgIpc) is 3.15. The summed E-state index contributed by atoms with van der Waals surface area (Å²) >= 11 is 0. The molecule has 1 aromatic carbocycles. The lowest BCUT2D eigenvalue weighted by molar-refractivity contribution is -0.0365. The van der Waals surface area contributed by atoms with Gasteiger partial charge in [-0.1, -0.05) is 18.2 Å². The van der Waals surface area contributed by atoms with E-state index in [9.17, 15) is 0 Å². The summed E-state index contributed by atoms with van der Waals surface area (Å²) in [7, 11) is 0. The highest BCUT2D eigenvalue weighted by Crippen LogP contribution is 2.31. The SMILES string of the molecule is c1ccc2c(c1)c(-c1ncc[nH]1)nn2C1CCCCO1. The Bertz CT molecular complexity index is 711. The van der Waals surface area contributed by atoms with Crippen LogP contribution in [0.4, 0.5) is 0 Å². The summed E-state index contributed by atoms with van der Waals surface area (Å²) in [5.74, 6) is 0.802. The maximum absolute atomic E-state index is 5.87. The Hall–Kier alpha value is -2.14. The fourth-order valence-electron chi connectivity index (χ4n) is 2.79. The van der Waals surface area contributed by atoms with E-state index in [2.05, 4.69) is 22.1 Å². The number of nitrogens with one attached hydrogen (secondary N) is 1. The first-order chi connectivity index (χ1) is 9.93. The van der Waals surface area contributed by atoms with Crippen LogP contribution in [0.15, 0.2) is 36.7 Å². The van der Waals surface area contributed by atoms with Gasteiger partial charge in [-0.3, -0.25) is 0 Å². The smallest absolute Gasteiger partial charge is 0.158 e. The van der Waals surface area contributed by atoms with Crippen LogP contribution in [0, 0.1) is 0 Å². The van der Waals surface area contributed by atoms with Crippen LogP contribution in [-0.2, 0) is 4.74 Å². The number of para-hydroxylation sites is 1. The van der Waals surface area contributed by atoms with E-state index in [1.807, 2.05) is 23.0 Å². The molecule has 0 saturated carbocycles. The summed E-state index contributed by atoms with van der Waals surface area (Å²) in [6.45, 7) is 0.814. The summed E-state index contributed by atoms with van der Waals surface area (Å²) in [5.41, 5.74) is 1.99. The fraction of sp³-hybridized carbons (Fsp3) is 0.333. The lowest BCUT2D eigenvalue weighted by Gasteiger charge is -2.23. The number of benzene rings is 1. The molecule has 0 radical (unpaired) electrons. The summed E-state index contributed by atoms with van der Waals surface area (Å²) in [6, 6.07) is 8.24. The van der Waals surface area contributed by atoms with E-state index in [0.717, 1.165) is 41.9 Å². The van der Waals surface area contributed by atoms with Gasteiger partial charge in [-0.05, 0) is 25.3 Å². The molecule has 20 heavy (non-hydrogen) atoms. The molecule has 0 bridgehead atoms. The van der Waals surface area contributed by atoms with Crippen molar-refractivity contribution in [3.63, 3.8) is 0 Å². The molecular formula is C15H16N4O. The highest BCUT2D eigenvalue weighted by molar-refractivity contribution is 5.91. The van der Waals surface area contributed by atoms with Gasteiger partial charge in [-0.25, -0.2) is 9.67 Å². The van der Waals surface area contributed by atoms with Crippen molar-refractivity contribution in [2.45, 2.75) is 25.5 Å². The Morgan fingerprint density at radius 2 is 2.20 bits per heavy atom. The standard InChI is InChI=1S/C15H16N4O/c1-2-6-12-11(5-1)14(15-16-8-9-17-15)18-19(12)13-7-3-4-10-20-13/h1-2,5-6,8-9,13H,3-4,7,10H2,(H,16,17). The molecule has 3 aromatic rings. The molecule has 1 fully saturated rings. The van der Waals surface area contributed by atoms with E-state index >= 15 is 0 Å². The predicted molar refractivity (Wildman–Crippen MR) is 76.2 cm³/mol. The van der Waals surface area contributed by atoms with Gasteiger partial charge in [0.2, 0.25) is 0 Å². The Kier molecular flexibility index (Phi) is 2.77. The third kappa shape index (κ3) is 1.82. The van der Waals surface area contributed by atoms with E-state index < -0.39 is 0 Å². The Labute approximate surface area is 116 Å². The van der Waals surface area contributed by atoms with Gasteiger partial charge in [-0.2, -0.15) is 5.10 Å². The molecule has 1 N–H and O–H groups in total. The zero-order chi connectivity index (χ0) is 13.4. The van der Waals surface area contributed by atoms with Gasteiger partial charge in [0.25, 0.3) is 0 Å². The number of fused-ring (bicyclic) bond motifs is 1. The summed E-state index contributed by atoms with van der Waals surface area (Å²) in [5, 5.41) is 5.86. The third-order valence-electron chi connectivity index (χ3n) is 3.76. The van der Waals surface area contributed by atoms with Gasteiger partial charge < -0.3 is 9.72 Å². The summed E-state index contributed by atoms with van der Waals surface area (Å²) in [4.78, 5) is 7.46. The number of imidazole rings is 1. The predicted octanol–water partition coefficient (Wildman–Crippen LogP) is 3.13. The lowest BCUT2D eigenvalue weighted by atomic mass is 10.1. The quantitative estimate of drug-likeness (QED) is 0.777. The first-order valence-electron chi connectivity index (χ1n) is 7.02. The van der Waals surface area contributed by atoms with Gasteiger partial charge in [0.15, 0.2) is 12.1 Å². The van der Waals surface area contributed by atoms with Gasteiger partial charge in [0, 0.05) is 24.4 Å². The van der Waals surface area contributed by atoms with Crippen LogP contribution in [0.2, 0.25) is 0 Å². The molecule has 0 spiro atoms. The van der Waals surface area contributed by atoms with Crippen LogP contribution in [0.25, 0.3) is 22.4 Å². The molecule has 102 valence electrons. The van der Waals surface area contributed by atoms with Crippen molar-refractivity contribution in [1.82, 2.24) is 19.7 Å². The van der Waals surface area contributed by atoms with Crippen molar-refractivity contribution >= 4 is 10.9 Å². The Balaban J connectivity index is 1.89. The zero-order valence-electron chi connectivity index (χ0n) is 11.1. The molecule has 0 aliphatic carbocycles. The van der Waals surface area contributed by atoms with Gasteiger partial charge in [0.05, 0.1) is 5.52 Å². The number of nitrogens with zero attached hydrogens (tertiary/aromatic N) is 3. The molecule has 1 saturated heterocycles. The third-order valence-corrected chi connectivity index (χ3v) is 3.76. The highest BCUT2D eigenvalue weighted by atomic mass is 16.5. The second-order valence-electron chi connectivity index (χ2n) is 5.07. The molecule has 3 heterocycles. The van der Waals surface area contributed by atoms with Crippen LogP contribution in [0.5, 0.6) is 0 Å². The molecule has 5 heteroatoms.